The van der Waals surface area contributed by atoms with Gasteiger partial charge < -0.3 is 24.8 Å². The molecule has 1 saturated heterocycles. The Morgan fingerprint density at radius 3 is 2.56 bits per heavy atom. The molecule has 218 valence electrons. The van der Waals surface area contributed by atoms with Gasteiger partial charge in [0.1, 0.15) is 17.7 Å². The summed E-state index contributed by atoms with van der Waals surface area (Å²) in [6.07, 6.45) is 4.74. The Morgan fingerprint density at radius 1 is 1.10 bits per heavy atom. The number of nitrogens with one attached hydrogen (secondary N) is 1. The molecule has 0 radical (unpaired) electrons. The number of aromatic nitrogens is 1. The molecule has 0 atom stereocenters. The van der Waals surface area contributed by atoms with Crippen molar-refractivity contribution in [3.63, 3.8) is 0 Å². The van der Waals surface area contributed by atoms with E-state index in [2.05, 4.69) is 63.9 Å². The Hall–Kier alpha value is -3.47. The van der Waals surface area contributed by atoms with Gasteiger partial charge in [-0.3, -0.25) is 0 Å². The van der Waals surface area contributed by atoms with Gasteiger partial charge in [-0.05, 0) is 42.1 Å². The van der Waals surface area contributed by atoms with Crippen LogP contribution in [0.4, 0.5) is 17.3 Å². The molecule has 0 aliphatic carbocycles. The SMILES string of the molecule is C=CNCCN(CCCC)c1nc(N2CCOCC2)c(C#N)c2c1CCN(c1cccc3cccc(Cl)c13)C2.CC. The van der Waals surface area contributed by atoms with Gasteiger partial charge in [-0.25, -0.2) is 4.98 Å². The normalized spacial score (nSPS) is 14.5. The smallest absolute Gasteiger partial charge is 0.149 e. The molecule has 0 amide bonds. The van der Waals surface area contributed by atoms with Crippen molar-refractivity contribution in [3.8, 4) is 6.07 Å². The van der Waals surface area contributed by atoms with Crippen LogP contribution in [0.25, 0.3) is 10.8 Å². The average Bonchev–Trinajstić information content (AvgIpc) is 3.03. The zero-order valence-electron chi connectivity index (χ0n) is 24.8. The lowest BCUT2D eigenvalue weighted by Gasteiger charge is -2.37. The van der Waals surface area contributed by atoms with Crippen LogP contribution >= 0.6 is 11.6 Å². The van der Waals surface area contributed by atoms with Crippen molar-refractivity contribution in [1.29, 1.82) is 5.26 Å². The Kier molecular flexibility index (Phi) is 11.1. The van der Waals surface area contributed by atoms with Crippen LogP contribution in [0.5, 0.6) is 0 Å². The van der Waals surface area contributed by atoms with E-state index in [1.165, 1.54) is 5.56 Å². The van der Waals surface area contributed by atoms with E-state index < -0.39 is 0 Å². The van der Waals surface area contributed by atoms with Crippen LogP contribution in [0.15, 0.2) is 49.2 Å². The summed E-state index contributed by atoms with van der Waals surface area (Å²) in [6, 6.07) is 14.9. The van der Waals surface area contributed by atoms with Crippen molar-refractivity contribution in [2.75, 3.05) is 67.2 Å². The molecule has 1 N–H and O–H groups in total. The summed E-state index contributed by atoms with van der Waals surface area (Å²) in [7, 11) is 0. The first-order valence-electron chi connectivity index (χ1n) is 15.0. The van der Waals surface area contributed by atoms with Crippen LogP contribution in [0.1, 0.15) is 50.3 Å². The zero-order chi connectivity index (χ0) is 29.2. The molecule has 8 heteroatoms. The second-order valence-electron chi connectivity index (χ2n) is 10.1. The number of nitrogens with zero attached hydrogens (tertiary/aromatic N) is 5. The first kappa shape index (κ1) is 30.5. The number of rotatable bonds is 10. The van der Waals surface area contributed by atoms with Gasteiger partial charge in [0.15, 0.2) is 0 Å². The van der Waals surface area contributed by atoms with E-state index in [0.29, 0.717) is 25.3 Å². The first-order valence-corrected chi connectivity index (χ1v) is 15.3. The minimum absolute atomic E-state index is 0.641. The van der Waals surface area contributed by atoms with Gasteiger partial charge in [-0.1, -0.05) is 69.6 Å². The molecule has 41 heavy (non-hydrogen) atoms. The van der Waals surface area contributed by atoms with E-state index in [9.17, 15) is 5.26 Å². The van der Waals surface area contributed by atoms with Gasteiger partial charge in [-0.15, -0.1) is 0 Å². The summed E-state index contributed by atoms with van der Waals surface area (Å²) in [6.45, 7) is 16.8. The Bertz CT molecular complexity index is 1360. The molecule has 0 unspecified atom stereocenters. The van der Waals surface area contributed by atoms with Crippen molar-refractivity contribution in [3.05, 3.63) is 70.9 Å². The number of morpholine rings is 1. The maximum absolute atomic E-state index is 10.5. The van der Waals surface area contributed by atoms with Crippen LogP contribution in [-0.4, -0.2) is 57.5 Å². The third kappa shape index (κ3) is 6.72. The van der Waals surface area contributed by atoms with Crippen molar-refractivity contribution in [1.82, 2.24) is 10.3 Å². The third-order valence-corrected chi connectivity index (χ3v) is 8.01. The number of nitriles is 1. The first-order chi connectivity index (χ1) is 20.2. The topological polar surface area (TPSA) is 67.7 Å². The molecule has 2 aliphatic rings. The predicted molar refractivity (Wildman–Crippen MR) is 172 cm³/mol. The Balaban J connectivity index is 0.00000189. The van der Waals surface area contributed by atoms with Crippen molar-refractivity contribution in [2.24, 2.45) is 0 Å². The van der Waals surface area contributed by atoms with E-state index >= 15 is 0 Å². The fourth-order valence-corrected chi connectivity index (χ4v) is 5.98. The van der Waals surface area contributed by atoms with Gasteiger partial charge >= 0.3 is 0 Å². The van der Waals surface area contributed by atoms with E-state index in [1.807, 2.05) is 26.0 Å². The van der Waals surface area contributed by atoms with Crippen molar-refractivity contribution >= 4 is 39.7 Å². The number of unbranched alkanes of at least 4 members (excludes halogenated alkanes) is 1. The van der Waals surface area contributed by atoms with Gasteiger partial charge in [0.25, 0.3) is 0 Å². The Morgan fingerprint density at radius 2 is 1.85 bits per heavy atom. The number of ether oxygens (including phenoxy) is 1. The maximum Gasteiger partial charge on any atom is 0.149 e. The molecule has 2 aliphatic heterocycles. The number of benzene rings is 2. The second-order valence-corrected chi connectivity index (χ2v) is 10.5. The molecule has 0 saturated carbocycles. The molecule has 0 spiro atoms. The highest BCUT2D eigenvalue weighted by atomic mass is 35.5. The van der Waals surface area contributed by atoms with E-state index in [4.69, 9.17) is 21.3 Å². The molecule has 7 nitrogen and oxygen atoms in total. The standard InChI is InChI=1S/C31H37ClN6O.C2H6/c1-3-5-14-36(16-13-34-4-2)30-24-12-15-38(28-11-7-9-23-8-6-10-27(32)29(23)28)22-26(24)25(21-33)31(35-30)37-17-19-39-20-18-37;1-2/h4,6-11,34H,2-3,5,12-20,22H2,1H3;1-2H3. The number of hydrogen-bond donors (Lipinski definition) is 1. The molecular weight excluding hydrogens is 532 g/mol. The molecule has 5 rings (SSSR count). The van der Waals surface area contributed by atoms with Crippen LogP contribution in [-0.2, 0) is 17.7 Å². The van der Waals surface area contributed by atoms with Gasteiger partial charge in [0.2, 0.25) is 0 Å². The van der Waals surface area contributed by atoms with E-state index in [0.717, 1.165) is 97.2 Å². The summed E-state index contributed by atoms with van der Waals surface area (Å²) in [5.41, 5.74) is 4.07. The van der Waals surface area contributed by atoms with E-state index in [1.54, 1.807) is 6.20 Å². The fourth-order valence-electron chi connectivity index (χ4n) is 5.70. The monoisotopic (exact) mass is 574 g/mol. The Labute approximate surface area is 250 Å². The molecular formula is C33H43ClN6O. The lowest BCUT2D eigenvalue weighted by atomic mass is 9.94. The highest BCUT2D eigenvalue weighted by molar-refractivity contribution is 6.36. The molecule has 0 bridgehead atoms. The van der Waals surface area contributed by atoms with Crippen molar-refractivity contribution < 1.29 is 4.74 Å². The maximum atomic E-state index is 10.5. The minimum Gasteiger partial charge on any atom is -0.390 e. The predicted octanol–water partition coefficient (Wildman–Crippen LogP) is 6.52. The highest BCUT2D eigenvalue weighted by Gasteiger charge is 2.30. The number of pyridine rings is 1. The van der Waals surface area contributed by atoms with Gasteiger partial charge in [0.05, 0.1) is 23.8 Å². The van der Waals surface area contributed by atoms with Gasteiger partial charge in [0, 0.05) is 62.5 Å². The number of halogens is 1. The largest absolute Gasteiger partial charge is 0.390 e. The van der Waals surface area contributed by atoms with Gasteiger partial charge in [-0.2, -0.15) is 5.26 Å². The van der Waals surface area contributed by atoms with Crippen LogP contribution in [0.2, 0.25) is 5.02 Å². The zero-order valence-corrected chi connectivity index (χ0v) is 25.5. The minimum atomic E-state index is 0.641. The second kappa shape index (κ2) is 15.0. The molecule has 1 aromatic heterocycles. The molecule has 2 aromatic carbocycles. The van der Waals surface area contributed by atoms with E-state index in [-0.39, 0.29) is 0 Å². The molecule has 1 fully saturated rings. The number of anilines is 3. The quantitative estimate of drug-likeness (QED) is 0.276. The average molecular weight is 575 g/mol. The summed E-state index contributed by atoms with van der Waals surface area (Å²) in [4.78, 5) is 12.2. The summed E-state index contributed by atoms with van der Waals surface area (Å²) in [5.74, 6) is 1.80. The van der Waals surface area contributed by atoms with Crippen molar-refractivity contribution in [2.45, 2.75) is 46.6 Å². The molecule has 3 heterocycles. The van der Waals surface area contributed by atoms with Crippen LogP contribution in [0.3, 0.4) is 0 Å². The third-order valence-electron chi connectivity index (χ3n) is 7.70. The summed E-state index contributed by atoms with van der Waals surface area (Å²) < 4.78 is 5.63. The lowest BCUT2D eigenvalue weighted by Crippen LogP contribution is -2.40. The van der Waals surface area contributed by atoms with Crippen LogP contribution < -0.4 is 20.0 Å². The summed E-state index contributed by atoms with van der Waals surface area (Å²) in [5, 5.41) is 16.7. The molecule has 3 aromatic rings. The number of hydrogen-bond acceptors (Lipinski definition) is 7. The number of fused-ring (bicyclic) bond motifs is 2. The highest BCUT2D eigenvalue weighted by Crippen LogP contribution is 2.39. The van der Waals surface area contributed by atoms with Crippen LogP contribution in [0, 0.1) is 11.3 Å². The lowest BCUT2D eigenvalue weighted by molar-refractivity contribution is 0.122. The fraction of sp³-hybridized carbons (Fsp3) is 0.455. The summed E-state index contributed by atoms with van der Waals surface area (Å²) >= 11 is 6.72.